The Morgan fingerprint density at radius 3 is 2.84 bits per heavy atom. The molecule has 1 unspecified atom stereocenters. The monoisotopic (exact) mass is 453 g/mol. The molecule has 2 amide bonds. The molecule has 9 heteroatoms. The van der Waals surface area contributed by atoms with E-state index in [2.05, 4.69) is 32.7 Å². The summed E-state index contributed by atoms with van der Waals surface area (Å²) in [4.78, 5) is 29.6. The SMILES string of the molecule is CCCCc1nnc(NC(=O)C(Cc2c[nH]c3ccccc23)NC(=O)c2cccs2)s1. The largest absolute Gasteiger partial charge is 0.361 e. The number of hydrogen-bond donors (Lipinski definition) is 3. The molecule has 3 aromatic heterocycles. The Labute approximate surface area is 187 Å². The predicted molar refractivity (Wildman–Crippen MR) is 125 cm³/mol. The number of aryl methyl sites for hydroxylation is 1. The van der Waals surface area contributed by atoms with Crippen molar-refractivity contribution in [1.29, 1.82) is 0 Å². The Balaban J connectivity index is 1.53. The number of para-hydroxylation sites is 1. The van der Waals surface area contributed by atoms with Gasteiger partial charge in [0.25, 0.3) is 5.91 Å². The molecule has 3 N–H and O–H groups in total. The fourth-order valence-electron chi connectivity index (χ4n) is 3.29. The Bertz CT molecular complexity index is 1170. The number of aromatic amines is 1. The number of amides is 2. The van der Waals surface area contributed by atoms with Gasteiger partial charge in [-0.05, 0) is 29.5 Å². The van der Waals surface area contributed by atoms with Crippen LogP contribution in [-0.4, -0.2) is 33.0 Å². The number of hydrogen-bond acceptors (Lipinski definition) is 6. The predicted octanol–water partition coefficient (Wildman–Crippen LogP) is 4.40. The molecular weight excluding hydrogens is 430 g/mol. The number of anilines is 1. The molecule has 1 atom stereocenters. The van der Waals surface area contributed by atoms with E-state index in [0.29, 0.717) is 16.4 Å². The van der Waals surface area contributed by atoms with Gasteiger partial charge in [-0.25, -0.2) is 0 Å². The quantitative estimate of drug-likeness (QED) is 0.350. The van der Waals surface area contributed by atoms with Gasteiger partial charge in [0, 0.05) is 29.9 Å². The van der Waals surface area contributed by atoms with Crippen molar-refractivity contribution >= 4 is 50.5 Å². The molecule has 31 heavy (non-hydrogen) atoms. The van der Waals surface area contributed by atoms with Crippen LogP contribution in [0.1, 0.15) is 40.0 Å². The lowest BCUT2D eigenvalue weighted by Crippen LogP contribution is -2.45. The van der Waals surface area contributed by atoms with Gasteiger partial charge in [0.2, 0.25) is 11.0 Å². The second-order valence-corrected chi connectivity index (χ2v) is 9.17. The highest BCUT2D eigenvalue weighted by atomic mass is 32.1. The van der Waals surface area contributed by atoms with Crippen molar-refractivity contribution in [3.63, 3.8) is 0 Å². The van der Waals surface area contributed by atoms with Crippen LogP contribution in [0.25, 0.3) is 10.9 Å². The van der Waals surface area contributed by atoms with Gasteiger partial charge in [0.15, 0.2) is 0 Å². The van der Waals surface area contributed by atoms with Crippen LogP contribution in [0.5, 0.6) is 0 Å². The minimum atomic E-state index is -0.753. The summed E-state index contributed by atoms with van der Waals surface area (Å²) < 4.78 is 0. The molecule has 0 spiro atoms. The molecule has 3 heterocycles. The lowest BCUT2D eigenvalue weighted by atomic mass is 10.0. The normalized spacial score (nSPS) is 12.0. The van der Waals surface area contributed by atoms with E-state index in [-0.39, 0.29) is 11.8 Å². The highest BCUT2D eigenvalue weighted by molar-refractivity contribution is 7.15. The molecule has 0 fully saturated rings. The number of carbonyl (C=O) groups excluding carboxylic acids is 2. The minimum Gasteiger partial charge on any atom is -0.361 e. The van der Waals surface area contributed by atoms with Gasteiger partial charge in [0.1, 0.15) is 11.0 Å². The van der Waals surface area contributed by atoms with Crippen LogP contribution in [-0.2, 0) is 17.6 Å². The van der Waals surface area contributed by atoms with Crippen LogP contribution in [0.4, 0.5) is 5.13 Å². The maximum absolute atomic E-state index is 13.1. The third-order valence-electron chi connectivity index (χ3n) is 4.91. The van der Waals surface area contributed by atoms with Gasteiger partial charge >= 0.3 is 0 Å². The number of benzene rings is 1. The van der Waals surface area contributed by atoms with E-state index in [9.17, 15) is 9.59 Å². The number of nitrogens with one attached hydrogen (secondary N) is 3. The lowest BCUT2D eigenvalue weighted by Gasteiger charge is -2.17. The van der Waals surface area contributed by atoms with Crippen molar-refractivity contribution in [3.05, 3.63) is 63.4 Å². The van der Waals surface area contributed by atoms with E-state index < -0.39 is 6.04 Å². The molecule has 0 aliphatic rings. The first-order valence-electron chi connectivity index (χ1n) is 10.2. The summed E-state index contributed by atoms with van der Waals surface area (Å²) in [6, 6.07) is 10.7. The topological polar surface area (TPSA) is 99.8 Å². The average Bonchev–Trinajstić information content (AvgIpc) is 3.53. The molecule has 160 valence electrons. The van der Waals surface area contributed by atoms with E-state index in [4.69, 9.17) is 0 Å². The summed E-state index contributed by atoms with van der Waals surface area (Å²) in [5.41, 5.74) is 1.95. The van der Waals surface area contributed by atoms with Crippen LogP contribution in [0, 0.1) is 0 Å². The van der Waals surface area contributed by atoms with E-state index >= 15 is 0 Å². The summed E-state index contributed by atoms with van der Waals surface area (Å²) >= 11 is 2.71. The van der Waals surface area contributed by atoms with Gasteiger partial charge in [-0.1, -0.05) is 48.9 Å². The second-order valence-electron chi connectivity index (χ2n) is 7.16. The number of aromatic nitrogens is 3. The Kier molecular flexibility index (Phi) is 6.73. The van der Waals surface area contributed by atoms with Crippen molar-refractivity contribution in [3.8, 4) is 0 Å². The summed E-state index contributed by atoms with van der Waals surface area (Å²) in [7, 11) is 0. The van der Waals surface area contributed by atoms with Crippen molar-refractivity contribution in [2.45, 2.75) is 38.6 Å². The summed E-state index contributed by atoms with van der Waals surface area (Å²) in [6.07, 6.45) is 5.19. The number of fused-ring (bicyclic) bond motifs is 1. The van der Waals surface area contributed by atoms with E-state index in [1.807, 2.05) is 41.9 Å². The fraction of sp³-hybridized carbons (Fsp3) is 0.273. The average molecular weight is 454 g/mol. The maximum atomic E-state index is 13.1. The molecule has 0 saturated heterocycles. The minimum absolute atomic E-state index is 0.268. The van der Waals surface area contributed by atoms with E-state index in [1.54, 1.807) is 6.07 Å². The third-order valence-corrected chi connectivity index (χ3v) is 6.67. The molecule has 0 aliphatic heterocycles. The van der Waals surface area contributed by atoms with E-state index in [0.717, 1.165) is 40.7 Å². The molecule has 4 aromatic rings. The molecule has 0 bridgehead atoms. The molecular formula is C22H23N5O2S2. The summed E-state index contributed by atoms with van der Waals surface area (Å²) in [5, 5.41) is 18.2. The van der Waals surface area contributed by atoms with Crippen LogP contribution in [0.15, 0.2) is 48.0 Å². The Morgan fingerprint density at radius 2 is 2.03 bits per heavy atom. The zero-order valence-electron chi connectivity index (χ0n) is 17.1. The van der Waals surface area contributed by atoms with Crippen molar-refractivity contribution < 1.29 is 9.59 Å². The second kappa shape index (κ2) is 9.84. The first-order valence-corrected chi connectivity index (χ1v) is 11.9. The van der Waals surface area contributed by atoms with Gasteiger partial charge in [-0.3, -0.25) is 14.9 Å². The van der Waals surface area contributed by atoms with Gasteiger partial charge in [0.05, 0.1) is 4.88 Å². The maximum Gasteiger partial charge on any atom is 0.262 e. The van der Waals surface area contributed by atoms with Crippen molar-refractivity contribution in [1.82, 2.24) is 20.5 Å². The number of thiophene rings is 1. The van der Waals surface area contributed by atoms with Crippen LogP contribution in [0.2, 0.25) is 0 Å². The number of H-pyrrole nitrogens is 1. The fourth-order valence-corrected chi connectivity index (χ4v) is 4.70. The molecule has 1 aromatic carbocycles. The lowest BCUT2D eigenvalue weighted by molar-refractivity contribution is -0.118. The Hall–Kier alpha value is -3.04. The Morgan fingerprint density at radius 1 is 1.16 bits per heavy atom. The first-order chi connectivity index (χ1) is 15.1. The van der Waals surface area contributed by atoms with Crippen molar-refractivity contribution in [2.75, 3.05) is 5.32 Å². The number of carbonyl (C=O) groups is 2. The molecule has 4 rings (SSSR count). The zero-order chi connectivity index (χ0) is 21.6. The highest BCUT2D eigenvalue weighted by Crippen LogP contribution is 2.21. The first kappa shape index (κ1) is 21.2. The molecule has 0 saturated carbocycles. The molecule has 7 nitrogen and oxygen atoms in total. The highest BCUT2D eigenvalue weighted by Gasteiger charge is 2.24. The van der Waals surface area contributed by atoms with Crippen LogP contribution in [0.3, 0.4) is 0 Å². The van der Waals surface area contributed by atoms with Crippen LogP contribution >= 0.6 is 22.7 Å². The molecule has 0 radical (unpaired) electrons. The zero-order valence-corrected chi connectivity index (χ0v) is 18.7. The number of rotatable bonds is 9. The summed E-state index contributed by atoms with van der Waals surface area (Å²) in [5.74, 6) is -0.579. The third kappa shape index (κ3) is 5.18. The molecule has 0 aliphatic carbocycles. The smallest absolute Gasteiger partial charge is 0.262 e. The van der Waals surface area contributed by atoms with Gasteiger partial charge in [-0.15, -0.1) is 21.5 Å². The standard InChI is InChI=1S/C22H23N5O2S2/c1-2-3-10-19-26-27-22(31-19)25-20(28)17(24-21(29)18-9-6-11-30-18)12-14-13-23-16-8-5-4-7-15(14)16/h4-9,11,13,17,23H,2-3,10,12H2,1H3,(H,24,29)(H,25,27,28). The summed E-state index contributed by atoms with van der Waals surface area (Å²) in [6.45, 7) is 2.12. The van der Waals surface area contributed by atoms with Crippen molar-refractivity contribution in [2.24, 2.45) is 0 Å². The number of nitrogens with zero attached hydrogens (tertiary/aromatic N) is 2. The van der Waals surface area contributed by atoms with Gasteiger partial charge in [-0.2, -0.15) is 0 Å². The van der Waals surface area contributed by atoms with Gasteiger partial charge < -0.3 is 10.3 Å². The van der Waals surface area contributed by atoms with Crippen LogP contribution < -0.4 is 10.6 Å². The number of unbranched alkanes of at least 4 members (excludes halogenated alkanes) is 1. The van der Waals surface area contributed by atoms with E-state index in [1.165, 1.54) is 22.7 Å².